The maximum Gasteiger partial charge on any atom is 0.251 e. The molecule has 2 fully saturated rings. The summed E-state index contributed by atoms with van der Waals surface area (Å²) in [7, 11) is 0. The van der Waals surface area contributed by atoms with E-state index >= 15 is 0 Å². The van der Waals surface area contributed by atoms with Gasteiger partial charge in [-0.25, -0.2) is 4.39 Å². The highest BCUT2D eigenvalue weighted by atomic mass is 19.1. The maximum absolute atomic E-state index is 13.8. The fraction of sp³-hybridized carbons (Fsp3) is 0.370. The van der Waals surface area contributed by atoms with Crippen LogP contribution in [0.5, 0.6) is 0 Å². The summed E-state index contributed by atoms with van der Waals surface area (Å²) in [6, 6.07) is 15.8. The van der Waals surface area contributed by atoms with Gasteiger partial charge in [-0.3, -0.25) is 9.78 Å². The first kappa shape index (κ1) is 20.6. The third-order valence-corrected chi connectivity index (χ3v) is 7.21. The highest BCUT2D eigenvalue weighted by Gasteiger charge is 2.45. The molecule has 2 saturated carbocycles. The van der Waals surface area contributed by atoms with Gasteiger partial charge in [0.2, 0.25) is 0 Å². The first-order chi connectivity index (χ1) is 15.5. The van der Waals surface area contributed by atoms with Gasteiger partial charge >= 0.3 is 0 Å². The molecular formula is C27H26FN3O. The van der Waals surface area contributed by atoms with E-state index in [9.17, 15) is 9.18 Å². The number of amides is 1. The predicted molar refractivity (Wildman–Crippen MR) is 122 cm³/mol. The van der Waals surface area contributed by atoms with E-state index in [1.165, 1.54) is 11.6 Å². The molecule has 5 heteroatoms. The smallest absolute Gasteiger partial charge is 0.251 e. The van der Waals surface area contributed by atoms with E-state index in [4.69, 9.17) is 5.26 Å². The van der Waals surface area contributed by atoms with E-state index in [0.29, 0.717) is 23.0 Å². The standard InChI is InChI=1S/C27H26FN3O/c28-22-9-10-25-24(15-22)23(11-14-30-25)20-5-1-18(2-6-20)16-27(12-13-27)31-26(32)21-7-3-19(17-29)4-8-21/h3-4,7-11,14-15,18,20H,1-2,5-6,12-13,16H2,(H,31,32)/t18-,20-. The Morgan fingerprint density at radius 3 is 2.53 bits per heavy atom. The Balaban J connectivity index is 1.20. The molecule has 5 rings (SSSR count). The molecule has 1 amide bonds. The quantitative estimate of drug-likeness (QED) is 0.554. The maximum atomic E-state index is 13.8. The van der Waals surface area contributed by atoms with Gasteiger partial charge in [-0.2, -0.15) is 5.26 Å². The molecule has 1 aromatic heterocycles. The second-order valence-electron chi connectivity index (χ2n) is 9.41. The number of rotatable bonds is 5. The normalized spacial score (nSPS) is 21.6. The lowest BCUT2D eigenvalue weighted by Crippen LogP contribution is -2.38. The van der Waals surface area contributed by atoms with Crippen molar-refractivity contribution >= 4 is 16.8 Å². The number of halogens is 1. The zero-order valence-electron chi connectivity index (χ0n) is 18.0. The van der Waals surface area contributed by atoms with E-state index in [1.54, 1.807) is 36.4 Å². The number of carbonyl (C=O) groups is 1. The number of carbonyl (C=O) groups excluding carboxylic acids is 1. The number of pyridine rings is 1. The van der Waals surface area contributed by atoms with Crippen LogP contribution in [0.1, 0.15) is 72.3 Å². The van der Waals surface area contributed by atoms with Crippen LogP contribution in [-0.4, -0.2) is 16.4 Å². The Morgan fingerprint density at radius 2 is 1.84 bits per heavy atom. The van der Waals surface area contributed by atoms with Crippen LogP contribution in [0.4, 0.5) is 4.39 Å². The van der Waals surface area contributed by atoms with Crippen molar-refractivity contribution in [1.29, 1.82) is 5.26 Å². The fourth-order valence-electron chi connectivity index (χ4n) is 5.27. The SMILES string of the molecule is N#Cc1ccc(C(=O)NC2(C[C@H]3CC[C@H](c4ccnc5ccc(F)cc54)CC3)CC2)cc1. The lowest BCUT2D eigenvalue weighted by atomic mass is 9.75. The summed E-state index contributed by atoms with van der Waals surface area (Å²) in [5.41, 5.74) is 3.16. The zero-order valence-corrected chi connectivity index (χ0v) is 18.0. The van der Waals surface area contributed by atoms with Crippen molar-refractivity contribution in [2.75, 3.05) is 0 Å². The predicted octanol–water partition coefficient (Wildman–Crippen LogP) is 5.87. The molecule has 0 spiro atoms. The number of nitrogens with one attached hydrogen (secondary N) is 1. The zero-order chi connectivity index (χ0) is 22.1. The van der Waals surface area contributed by atoms with Gasteiger partial charge in [0.1, 0.15) is 5.82 Å². The molecular weight excluding hydrogens is 401 g/mol. The minimum Gasteiger partial charge on any atom is -0.347 e. The molecule has 0 unspecified atom stereocenters. The second kappa shape index (κ2) is 8.35. The van der Waals surface area contributed by atoms with Crippen molar-refractivity contribution in [2.24, 2.45) is 5.92 Å². The van der Waals surface area contributed by atoms with Gasteiger partial charge in [0.15, 0.2) is 0 Å². The highest BCUT2D eigenvalue weighted by molar-refractivity contribution is 5.95. The van der Waals surface area contributed by atoms with E-state index in [-0.39, 0.29) is 17.3 Å². The molecule has 0 atom stereocenters. The highest BCUT2D eigenvalue weighted by Crippen LogP contribution is 2.47. The number of hydrogen-bond donors (Lipinski definition) is 1. The number of benzene rings is 2. The summed E-state index contributed by atoms with van der Waals surface area (Å²) in [6.07, 6.45) is 9.33. The van der Waals surface area contributed by atoms with Crippen molar-refractivity contribution in [3.63, 3.8) is 0 Å². The van der Waals surface area contributed by atoms with Crippen molar-refractivity contribution in [3.05, 3.63) is 77.2 Å². The average molecular weight is 428 g/mol. The van der Waals surface area contributed by atoms with Crippen molar-refractivity contribution in [2.45, 2.75) is 56.4 Å². The van der Waals surface area contributed by atoms with Crippen molar-refractivity contribution < 1.29 is 9.18 Å². The van der Waals surface area contributed by atoms with Gasteiger partial charge in [0, 0.05) is 22.7 Å². The summed E-state index contributed by atoms with van der Waals surface area (Å²) in [5, 5.41) is 13.1. The number of hydrogen-bond acceptors (Lipinski definition) is 3. The molecule has 0 aliphatic heterocycles. The number of nitriles is 1. The topological polar surface area (TPSA) is 65.8 Å². The van der Waals surface area contributed by atoms with Gasteiger partial charge in [-0.15, -0.1) is 0 Å². The Hall–Kier alpha value is -3.26. The molecule has 0 saturated heterocycles. The second-order valence-corrected chi connectivity index (χ2v) is 9.41. The minimum absolute atomic E-state index is 0.0500. The molecule has 0 radical (unpaired) electrons. The molecule has 2 aromatic carbocycles. The van der Waals surface area contributed by atoms with Gasteiger partial charge in [-0.1, -0.05) is 0 Å². The van der Waals surface area contributed by atoms with Crippen molar-refractivity contribution in [3.8, 4) is 6.07 Å². The third-order valence-electron chi connectivity index (χ3n) is 7.21. The van der Waals surface area contributed by atoms with E-state index < -0.39 is 0 Å². The van der Waals surface area contributed by atoms with Crippen LogP contribution in [0.15, 0.2) is 54.7 Å². The summed E-state index contributed by atoms with van der Waals surface area (Å²) >= 11 is 0. The monoisotopic (exact) mass is 427 g/mol. The Kier molecular flexibility index (Phi) is 5.38. The van der Waals surface area contributed by atoms with Crippen LogP contribution in [0, 0.1) is 23.1 Å². The van der Waals surface area contributed by atoms with Crippen LogP contribution in [0.3, 0.4) is 0 Å². The number of nitrogens with zero attached hydrogens (tertiary/aromatic N) is 2. The van der Waals surface area contributed by atoms with Gasteiger partial charge in [0.25, 0.3) is 5.91 Å². The van der Waals surface area contributed by atoms with Crippen molar-refractivity contribution in [1.82, 2.24) is 10.3 Å². The minimum atomic E-state index is -0.214. The third kappa shape index (κ3) is 4.23. The number of aromatic nitrogens is 1. The Labute approximate surface area is 187 Å². The van der Waals surface area contributed by atoms with Crippen LogP contribution in [0.25, 0.3) is 10.9 Å². The molecule has 0 bridgehead atoms. The lowest BCUT2D eigenvalue weighted by molar-refractivity contribution is 0.0921. The first-order valence-corrected chi connectivity index (χ1v) is 11.4. The van der Waals surface area contributed by atoms with Crippen LogP contribution < -0.4 is 5.32 Å². The summed E-state index contributed by atoms with van der Waals surface area (Å²) in [4.78, 5) is 17.1. The van der Waals surface area contributed by atoms with Crippen LogP contribution >= 0.6 is 0 Å². The average Bonchev–Trinajstić information content (AvgIpc) is 3.58. The van der Waals surface area contributed by atoms with Gasteiger partial charge in [-0.05, 0) is 111 Å². The summed E-state index contributed by atoms with van der Waals surface area (Å²) in [6.45, 7) is 0. The summed E-state index contributed by atoms with van der Waals surface area (Å²) < 4.78 is 13.8. The molecule has 4 nitrogen and oxygen atoms in total. The van der Waals surface area contributed by atoms with Gasteiger partial charge in [0.05, 0.1) is 17.1 Å². The van der Waals surface area contributed by atoms with E-state index in [0.717, 1.165) is 55.8 Å². The molecule has 2 aliphatic rings. The molecule has 1 N–H and O–H groups in total. The fourth-order valence-corrected chi connectivity index (χ4v) is 5.27. The largest absolute Gasteiger partial charge is 0.347 e. The lowest BCUT2D eigenvalue weighted by Gasteiger charge is -2.32. The first-order valence-electron chi connectivity index (χ1n) is 11.4. The Bertz CT molecular complexity index is 1190. The van der Waals surface area contributed by atoms with Crippen LogP contribution in [-0.2, 0) is 0 Å². The van der Waals surface area contributed by atoms with Crippen LogP contribution in [0.2, 0.25) is 0 Å². The molecule has 1 heterocycles. The molecule has 32 heavy (non-hydrogen) atoms. The number of fused-ring (bicyclic) bond motifs is 1. The molecule has 162 valence electrons. The summed E-state index contributed by atoms with van der Waals surface area (Å²) in [5.74, 6) is 0.766. The molecule has 2 aliphatic carbocycles. The molecule has 3 aromatic rings. The van der Waals surface area contributed by atoms with E-state index in [2.05, 4.69) is 16.4 Å². The van der Waals surface area contributed by atoms with E-state index in [1.807, 2.05) is 12.3 Å². The van der Waals surface area contributed by atoms with Gasteiger partial charge < -0.3 is 5.32 Å². The Morgan fingerprint density at radius 1 is 1.09 bits per heavy atom.